The molecular formula is C19H20N2O4. The molecule has 0 aromatic heterocycles. The third-order valence-electron chi connectivity index (χ3n) is 3.68. The molecule has 130 valence electrons. The first-order chi connectivity index (χ1) is 11.9. The Hall–Kier alpha value is -3.15. The maximum Gasteiger partial charge on any atom is 0.326 e. The van der Waals surface area contributed by atoms with Gasteiger partial charge in [0.2, 0.25) is 0 Å². The van der Waals surface area contributed by atoms with Crippen LogP contribution in [0.4, 0.5) is 5.69 Å². The Labute approximate surface area is 145 Å². The van der Waals surface area contributed by atoms with Crippen molar-refractivity contribution in [1.82, 2.24) is 5.32 Å². The van der Waals surface area contributed by atoms with Crippen molar-refractivity contribution in [3.05, 3.63) is 65.7 Å². The van der Waals surface area contributed by atoms with E-state index in [9.17, 15) is 19.5 Å². The van der Waals surface area contributed by atoms with Crippen molar-refractivity contribution in [3.8, 4) is 0 Å². The van der Waals surface area contributed by atoms with Crippen LogP contribution in [0, 0.1) is 5.92 Å². The van der Waals surface area contributed by atoms with Crippen LogP contribution in [-0.2, 0) is 4.79 Å². The number of anilines is 1. The van der Waals surface area contributed by atoms with Gasteiger partial charge in [-0.3, -0.25) is 9.59 Å². The quantitative estimate of drug-likeness (QED) is 0.753. The molecule has 0 heterocycles. The Morgan fingerprint density at radius 2 is 1.48 bits per heavy atom. The number of amides is 2. The molecule has 0 fully saturated rings. The predicted octanol–water partition coefficient (Wildman–Crippen LogP) is 2.78. The van der Waals surface area contributed by atoms with Crippen molar-refractivity contribution in [2.45, 2.75) is 19.9 Å². The largest absolute Gasteiger partial charge is 0.480 e. The highest BCUT2D eigenvalue weighted by Crippen LogP contribution is 2.17. The summed E-state index contributed by atoms with van der Waals surface area (Å²) < 4.78 is 0. The summed E-state index contributed by atoms with van der Waals surface area (Å²) in [7, 11) is 0. The van der Waals surface area contributed by atoms with Crippen LogP contribution in [0.2, 0.25) is 0 Å². The zero-order valence-corrected chi connectivity index (χ0v) is 14.0. The molecule has 0 saturated heterocycles. The van der Waals surface area contributed by atoms with Gasteiger partial charge in [0.25, 0.3) is 11.8 Å². The van der Waals surface area contributed by atoms with E-state index in [4.69, 9.17) is 0 Å². The number of aliphatic carboxylic acids is 1. The van der Waals surface area contributed by atoms with Crippen LogP contribution in [-0.4, -0.2) is 28.9 Å². The van der Waals surface area contributed by atoms with Crippen molar-refractivity contribution in [2.24, 2.45) is 5.92 Å². The number of carboxylic acid groups (broad SMARTS) is 1. The van der Waals surface area contributed by atoms with E-state index < -0.39 is 17.9 Å². The van der Waals surface area contributed by atoms with Gasteiger partial charge in [-0.2, -0.15) is 0 Å². The molecular weight excluding hydrogens is 320 g/mol. The van der Waals surface area contributed by atoms with E-state index in [1.54, 1.807) is 62.4 Å². The number of rotatable bonds is 6. The molecule has 6 heteroatoms. The fourth-order valence-electron chi connectivity index (χ4n) is 2.31. The van der Waals surface area contributed by atoms with E-state index in [1.807, 2.05) is 0 Å². The van der Waals surface area contributed by atoms with Crippen LogP contribution in [0.3, 0.4) is 0 Å². The number of nitrogens with one attached hydrogen (secondary N) is 2. The number of benzene rings is 2. The second-order valence-corrected chi connectivity index (χ2v) is 5.90. The summed E-state index contributed by atoms with van der Waals surface area (Å²) in [4.78, 5) is 36.0. The second-order valence-electron chi connectivity index (χ2n) is 5.90. The lowest BCUT2D eigenvalue weighted by atomic mass is 10.0. The van der Waals surface area contributed by atoms with Gasteiger partial charge in [0.15, 0.2) is 0 Å². The molecule has 0 radical (unpaired) electrons. The van der Waals surface area contributed by atoms with Crippen LogP contribution in [0.1, 0.15) is 34.6 Å². The fourth-order valence-corrected chi connectivity index (χ4v) is 2.31. The fraction of sp³-hybridized carbons (Fsp3) is 0.211. The van der Waals surface area contributed by atoms with E-state index in [0.29, 0.717) is 11.3 Å². The van der Waals surface area contributed by atoms with E-state index in [0.717, 1.165) is 0 Å². The number of carbonyl (C=O) groups excluding carboxylic acids is 2. The molecule has 3 N–H and O–H groups in total. The topological polar surface area (TPSA) is 95.5 Å². The average molecular weight is 340 g/mol. The molecule has 0 spiro atoms. The Morgan fingerprint density at radius 3 is 2.08 bits per heavy atom. The molecule has 0 aliphatic carbocycles. The van der Waals surface area contributed by atoms with Gasteiger partial charge in [-0.1, -0.05) is 44.2 Å². The minimum Gasteiger partial charge on any atom is -0.480 e. The maximum absolute atomic E-state index is 12.5. The minimum absolute atomic E-state index is 0.207. The minimum atomic E-state index is -1.10. The third-order valence-corrected chi connectivity index (χ3v) is 3.68. The standard InChI is InChI=1S/C19H20N2O4/c1-12(2)16(19(24)25)21-18(23)14-10-6-7-11-15(14)20-17(22)13-8-4-3-5-9-13/h3-12,16H,1-2H3,(H,20,22)(H,21,23)(H,24,25). The van der Waals surface area contributed by atoms with Crippen molar-refractivity contribution in [3.63, 3.8) is 0 Å². The van der Waals surface area contributed by atoms with Crippen LogP contribution in [0.15, 0.2) is 54.6 Å². The van der Waals surface area contributed by atoms with Gasteiger partial charge in [0.1, 0.15) is 6.04 Å². The Balaban J connectivity index is 2.21. The van der Waals surface area contributed by atoms with E-state index in [2.05, 4.69) is 10.6 Å². The van der Waals surface area contributed by atoms with Gasteiger partial charge >= 0.3 is 5.97 Å². The molecule has 1 unspecified atom stereocenters. The number of hydrogen-bond donors (Lipinski definition) is 3. The third kappa shape index (κ3) is 4.67. The number of carboxylic acids is 1. The highest BCUT2D eigenvalue weighted by molar-refractivity contribution is 6.09. The zero-order chi connectivity index (χ0) is 18.4. The molecule has 25 heavy (non-hydrogen) atoms. The smallest absolute Gasteiger partial charge is 0.326 e. The highest BCUT2D eigenvalue weighted by Gasteiger charge is 2.25. The van der Waals surface area contributed by atoms with Crippen LogP contribution in [0.25, 0.3) is 0 Å². The average Bonchev–Trinajstić information content (AvgIpc) is 2.60. The van der Waals surface area contributed by atoms with Gasteiger partial charge in [-0.05, 0) is 30.2 Å². The van der Waals surface area contributed by atoms with Gasteiger partial charge in [-0.25, -0.2) is 4.79 Å². The summed E-state index contributed by atoms with van der Waals surface area (Å²) in [6.07, 6.45) is 0. The second kappa shape index (κ2) is 8.10. The molecule has 2 aromatic rings. The number of hydrogen-bond acceptors (Lipinski definition) is 3. The Morgan fingerprint density at radius 1 is 0.880 bits per heavy atom. The number of carbonyl (C=O) groups is 3. The molecule has 0 bridgehead atoms. The van der Waals surface area contributed by atoms with Gasteiger partial charge in [-0.15, -0.1) is 0 Å². The molecule has 0 saturated carbocycles. The van der Waals surface area contributed by atoms with Crippen molar-refractivity contribution >= 4 is 23.5 Å². The summed E-state index contributed by atoms with van der Waals surface area (Å²) in [5, 5.41) is 14.4. The van der Waals surface area contributed by atoms with E-state index in [1.165, 1.54) is 6.07 Å². The predicted molar refractivity (Wildman–Crippen MR) is 94.6 cm³/mol. The molecule has 6 nitrogen and oxygen atoms in total. The van der Waals surface area contributed by atoms with Gasteiger partial charge < -0.3 is 15.7 Å². The molecule has 2 aromatic carbocycles. The van der Waals surface area contributed by atoms with Crippen molar-refractivity contribution < 1.29 is 19.5 Å². The number of para-hydroxylation sites is 1. The normalized spacial score (nSPS) is 11.6. The molecule has 1 atom stereocenters. The first-order valence-electron chi connectivity index (χ1n) is 7.89. The lowest BCUT2D eigenvalue weighted by Crippen LogP contribution is -2.44. The van der Waals surface area contributed by atoms with Crippen LogP contribution < -0.4 is 10.6 Å². The van der Waals surface area contributed by atoms with Crippen LogP contribution >= 0.6 is 0 Å². The summed E-state index contributed by atoms with van der Waals surface area (Å²) in [6, 6.07) is 14.1. The summed E-state index contributed by atoms with van der Waals surface area (Å²) in [6.45, 7) is 3.42. The summed E-state index contributed by atoms with van der Waals surface area (Å²) in [5.41, 5.74) is 0.990. The SMILES string of the molecule is CC(C)C(NC(=O)c1ccccc1NC(=O)c1ccccc1)C(=O)O. The summed E-state index contributed by atoms with van der Waals surface area (Å²) >= 11 is 0. The Bertz CT molecular complexity index is 772. The highest BCUT2D eigenvalue weighted by atomic mass is 16.4. The van der Waals surface area contributed by atoms with Gasteiger partial charge in [0, 0.05) is 5.56 Å². The van der Waals surface area contributed by atoms with E-state index in [-0.39, 0.29) is 17.4 Å². The van der Waals surface area contributed by atoms with Crippen LogP contribution in [0.5, 0.6) is 0 Å². The zero-order valence-electron chi connectivity index (χ0n) is 14.0. The van der Waals surface area contributed by atoms with Crippen molar-refractivity contribution in [1.29, 1.82) is 0 Å². The molecule has 0 aliphatic heterocycles. The first-order valence-corrected chi connectivity index (χ1v) is 7.89. The monoisotopic (exact) mass is 340 g/mol. The lowest BCUT2D eigenvalue weighted by Gasteiger charge is -2.19. The summed E-state index contributed by atoms with van der Waals surface area (Å²) in [5.74, 6) is -2.27. The molecule has 0 aliphatic rings. The molecule has 2 amide bonds. The molecule has 2 rings (SSSR count). The Kier molecular flexibility index (Phi) is 5.89. The lowest BCUT2D eigenvalue weighted by molar-refractivity contribution is -0.140. The first kappa shape index (κ1) is 18.2. The van der Waals surface area contributed by atoms with Gasteiger partial charge in [0.05, 0.1) is 11.3 Å². The van der Waals surface area contributed by atoms with E-state index >= 15 is 0 Å². The maximum atomic E-state index is 12.5. The van der Waals surface area contributed by atoms with Crippen molar-refractivity contribution in [2.75, 3.05) is 5.32 Å².